The fourth-order valence-corrected chi connectivity index (χ4v) is 1.39. The minimum absolute atomic E-state index is 0.174. The van der Waals surface area contributed by atoms with Crippen molar-refractivity contribution in [2.24, 2.45) is 0 Å². The van der Waals surface area contributed by atoms with Crippen molar-refractivity contribution in [1.29, 1.82) is 0 Å². The summed E-state index contributed by atoms with van der Waals surface area (Å²) >= 11 is 5.74. The summed E-state index contributed by atoms with van der Waals surface area (Å²) in [4.78, 5) is 3.90. The Morgan fingerprint density at radius 1 is 1.25 bits per heavy atom. The average molecular weight is 238 g/mol. The van der Waals surface area contributed by atoms with Gasteiger partial charge < -0.3 is 4.74 Å². The molecule has 0 amide bonds. The number of hydrogen-bond acceptors (Lipinski definition) is 2. The Hall–Kier alpha value is -1.61. The van der Waals surface area contributed by atoms with Crippen molar-refractivity contribution in [2.45, 2.75) is 6.92 Å². The van der Waals surface area contributed by atoms with Crippen LogP contribution in [-0.2, 0) is 0 Å². The number of benzene rings is 1. The second-order valence-corrected chi connectivity index (χ2v) is 3.69. The summed E-state index contributed by atoms with van der Waals surface area (Å²) in [5, 5.41) is 0.317. The maximum Gasteiger partial charge on any atom is 0.165 e. The molecule has 0 aliphatic heterocycles. The first-order valence-corrected chi connectivity index (χ1v) is 5.09. The second kappa shape index (κ2) is 4.49. The van der Waals surface area contributed by atoms with Crippen LogP contribution in [0.2, 0.25) is 5.15 Å². The summed E-state index contributed by atoms with van der Waals surface area (Å²) in [6.45, 7) is 1.82. The summed E-state index contributed by atoms with van der Waals surface area (Å²) in [6.07, 6.45) is 1.58. The van der Waals surface area contributed by atoms with Crippen LogP contribution < -0.4 is 4.74 Å². The molecule has 1 heterocycles. The number of aryl methyl sites for hydroxylation is 1. The van der Waals surface area contributed by atoms with Crippen LogP contribution in [0.4, 0.5) is 4.39 Å². The molecule has 0 spiro atoms. The average Bonchev–Trinajstić information content (AvgIpc) is 2.27. The van der Waals surface area contributed by atoms with Gasteiger partial charge in [-0.25, -0.2) is 9.37 Å². The largest absolute Gasteiger partial charge is 0.454 e. The lowest BCUT2D eigenvalue weighted by Crippen LogP contribution is -1.91. The molecule has 82 valence electrons. The van der Waals surface area contributed by atoms with Crippen molar-refractivity contribution in [2.75, 3.05) is 0 Å². The van der Waals surface area contributed by atoms with Crippen LogP contribution in [0.15, 0.2) is 36.5 Å². The Labute approximate surface area is 97.7 Å². The highest BCUT2D eigenvalue weighted by Crippen LogP contribution is 2.27. The highest BCUT2D eigenvalue weighted by atomic mass is 35.5. The van der Waals surface area contributed by atoms with Crippen LogP contribution in [0.25, 0.3) is 0 Å². The molecule has 1 aromatic carbocycles. The zero-order chi connectivity index (χ0) is 11.5. The molecule has 0 aliphatic carbocycles. The summed E-state index contributed by atoms with van der Waals surface area (Å²) in [6, 6.07) is 7.77. The Balaban J connectivity index is 2.34. The van der Waals surface area contributed by atoms with E-state index in [0.717, 1.165) is 5.56 Å². The molecule has 0 unspecified atom stereocenters. The van der Waals surface area contributed by atoms with Crippen molar-refractivity contribution < 1.29 is 9.13 Å². The molecule has 1 aromatic heterocycles. The Kier molecular flexibility index (Phi) is 3.06. The van der Waals surface area contributed by atoms with Gasteiger partial charge in [-0.15, -0.1) is 0 Å². The molecule has 2 rings (SSSR count). The molecule has 0 fully saturated rings. The lowest BCUT2D eigenvalue weighted by atomic mass is 10.3. The van der Waals surface area contributed by atoms with Crippen LogP contribution >= 0.6 is 11.6 Å². The number of halogens is 2. The zero-order valence-electron chi connectivity index (χ0n) is 8.58. The molecule has 0 bridgehead atoms. The fourth-order valence-electron chi connectivity index (χ4n) is 1.24. The minimum Gasteiger partial charge on any atom is -0.454 e. The van der Waals surface area contributed by atoms with Gasteiger partial charge in [0.15, 0.2) is 11.6 Å². The molecule has 2 nitrogen and oxygen atoms in total. The van der Waals surface area contributed by atoms with E-state index in [4.69, 9.17) is 16.3 Å². The third-order valence-corrected chi connectivity index (χ3v) is 2.28. The Morgan fingerprint density at radius 3 is 2.75 bits per heavy atom. The molecule has 0 aliphatic rings. The van der Waals surface area contributed by atoms with Crippen molar-refractivity contribution in [3.05, 3.63) is 53.1 Å². The van der Waals surface area contributed by atoms with Crippen LogP contribution in [0.5, 0.6) is 11.5 Å². The Morgan fingerprint density at radius 2 is 2.00 bits per heavy atom. The van der Waals surface area contributed by atoms with E-state index in [2.05, 4.69) is 4.98 Å². The normalized spacial score (nSPS) is 10.2. The van der Waals surface area contributed by atoms with E-state index in [9.17, 15) is 4.39 Å². The van der Waals surface area contributed by atoms with E-state index < -0.39 is 5.82 Å². The van der Waals surface area contributed by atoms with Crippen LogP contribution in [-0.4, -0.2) is 4.98 Å². The van der Waals surface area contributed by atoms with Gasteiger partial charge in [-0.05, 0) is 19.1 Å². The number of nitrogens with zero attached hydrogens (tertiary/aromatic N) is 1. The molecular weight excluding hydrogens is 229 g/mol. The molecule has 0 atom stereocenters. The maximum absolute atomic E-state index is 13.3. The molecular formula is C12H9ClFNO. The number of hydrogen-bond donors (Lipinski definition) is 0. The van der Waals surface area contributed by atoms with Gasteiger partial charge in [-0.3, -0.25) is 0 Å². The van der Waals surface area contributed by atoms with Gasteiger partial charge in [0, 0.05) is 17.8 Å². The second-order valence-electron chi connectivity index (χ2n) is 3.31. The maximum atomic E-state index is 13.3. The summed E-state index contributed by atoms with van der Waals surface area (Å²) in [5.41, 5.74) is 0.799. The third kappa shape index (κ3) is 2.31. The summed E-state index contributed by atoms with van der Waals surface area (Å²) in [5.74, 6) is 0.271. The van der Waals surface area contributed by atoms with E-state index in [1.807, 2.05) is 6.92 Å². The SMILES string of the molecule is Cc1cnc(Cl)cc1Oc1ccccc1F. The molecule has 2 aromatic rings. The van der Waals surface area contributed by atoms with Crippen LogP contribution in [0, 0.1) is 12.7 Å². The van der Waals surface area contributed by atoms with Gasteiger partial charge in [-0.2, -0.15) is 0 Å². The van der Waals surface area contributed by atoms with E-state index in [0.29, 0.717) is 10.9 Å². The first kappa shape index (κ1) is 10.9. The molecule has 0 saturated heterocycles. The third-order valence-electron chi connectivity index (χ3n) is 2.08. The number of ether oxygens (including phenoxy) is 1. The zero-order valence-corrected chi connectivity index (χ0v) is 9.33. The molecule has 4 heteroatoms. The topological polar surface area (TPSA) is 22.1 Å². The number of para-hydroxylation sites is 1. The molecule has 0 radical (unpaired) electrons. The van der Waals surface area contributed by atoms with E-state index in [1.165, 1.54) is 6.07 Å². The Bertz CT molecular complexity index is 516. The van der Waals surface area contributed by atoms with Gasteiger partial charge in [0.2, 0.25) is 0 Å². The van der Waals surface area contributed by atoms with Crippen molar-refractivity contribution in [1.82, 2.24) is 4.98 Å². The highest BCUT2D eigenvalue weighted by Gasteiger charge is 2.06. The summed E-state index contributed by atoms with van der Waals surface area (Å²) in [7, 11) is 0. The van der Waals surface area contributed by atoms with Crippen molar-refractivity contribution in [3.8, 4) is 11.5 Å². The van der Waals surface area contributed by atoms with Crippen molar-refractivity contribution >= 4 is 11.6 Å². The monoisotopic (exact) mass is 237 g/mol. The lowest BCUT2D eigenvalue weighted by Gasteiger charge is -2.08. The lowest BCUT2D eigenvalue weighted by molar-refractivity contribution is 0.439. The van der Waals surface area contributed by atoms with Crippen molar-refractivity contribution in [3.63, 3.8) is 0 Å². The minimum atomic E-state index is -0.408. The van der Waals surface area contributed by atoms with Gasteiger partial charge in [0.25, 0.3) is 0 Å². The molecule has 0 N–H and O–H groups in total. The van der Waals surface area contributed by atoms with E-state index in [-0.39, 0.29) is 5.75 Å². The van der Waals surface area contributed by atoms with Gasteiger partial charge in [-0.1, -0.05) is 23.7 Å². The smallest absolute Gasteiger partial charge is 0.165 e. The van der Waals surface area contributed by atoms with E-state index >= 15 is 0 Å². The van der Waals surface area contributed by atoms with Gasteiger partial charge >= 0.3 is 0 Å². The quantitative estimate of drug-likeness (QED) is 0.738. The standard InChI is InChI=1S/C12H9ClFNO/c1-8-7-15-12(13)6-11(8)16-10-5-3-2-4-9(10)14/h2-7H,1H3. The molecule has 0 saturated carbocycles. The summed E-state index contributed by atoms with van der Waals surface area (Å²) < 4.78 is 18.8. The van der Waals surface area contributed by atoms with Crippen LogP contribution in [0.1, 0.15) is 5.56 Å². The van der Waals surface area contributed by atoms with Crippen LogP contribution in [0.3, 0.4) is 0 Å². The molecule has 16 heavy (non-hydrogen) atoms. The van der Waals surface area contributed by atoms with Gasteiger partial charge in [0.05, 0.1) is 0 Å². The number of rotatable bonds is 2. The van der Waals surface area contributed by atoms with Gasteiger partial charge in [0.1, 0.15) is 10.9 Å². The first-order valence-electron chi connectivity index (χ1n) is 4.71. The fraction of sp³-hybridized carbons (Fsp3) is 0.0833. The number of pyridine rings is 1. The number of aromatic nitrogens is 1. The first-order chi connectivity index (χ1) is 7.66. The van der Waals surface area contributed by atoms with E-state index in [1.54, 1.807) is 30.5 Å². The predicted molar refractivity (Wildman–Crippen MR) is 60.5 cm³/mol. The highest BCUT2D eigenvalue weighted by molar-refractivity contribution is 6.29. The predicted octanol–water partition coefficient (Wildman–Crippen LogP) is 3.97.